The van der Waals surface area contributed by atoms with Crippen molar-refractivity contribution in [3.05, 3.63) is 76.9 Å². The van der Waals surface area contributed by atoms with E-state index in [1.807, 2.05) is 19.1 Å². The van der Waals surface area contributed by atoms with Crippen LogP contribution < -0.4 is 15.8 Å². The molecule has 3 aromatic rings. The number of ether oxygens (including phenoxy) is 1. The predicted molar refractivity (Wildman–Crippen MR) is 111 cm³/mol. The molecule has 1 aliphatic heterocycles. The van der Waals surface area contributed by atoms with Crippen LogP contribution >= 0.6 is 0 Å². The summed E-state index contributed by atoms with van der Waals surface area (Å²) < 4.78 is 5.88. The van der Waals surface area contributed by atoms with Gasteiger partial charge >= 0.3 is 0 Å². The average Bonchev–Trinajstić information content (AvgIpc) is 3.37. The molecule has 1 aliphatic carbocycles. The molecule has 3 N–H and O–H groups in total. The van der Waals surface area contributed by atoms with Gasteiger partial charge in [0, 0.05) is 18.5 Å². The van der Waals surface area contributed by atoms with E-state index in [1.54, 1.807) is 0 Å². The number of fused-ring (bicyclic) bond motifs is 2. The molecule has 3 aromatic carbocycles. The van der Waals surface area contributed by atoms with Gasteiger partial charge < -0.3 is 15.8 Å². The maximum atomic E-state index is 13.2. The van der Waals surface area contributed by atoms with Crippen LogP contribution in [0, 0.1) is 6.92 Å². The van der Waals surface area contributed by atoms with Gasteiger partial charge in [-0.2, -0.15) is 0 Å². The van der Waals surface area contributed by atoms with Crippen LogP contribution in [0.4, 0.5) is 0 Å². The number of rotatable bonds is 4. The zero-order chi connectivity index (χ0) is 19.3. The molecular formula is C24H24N2O2. The maximum Gasteiger partial charge on any atom is 0.252 e. The number of hydrogen-bond donors (Lipinski definition) is 2. The number of carbonyl (C=O) groups is 1. The Bertz CT molecular complexity index is 1080. The van der Waals surface area contributed by atoms with Crippen molar-refractivity contribution in [2.24, 2.45) is 5.73 Å². The molecule has 5 rings (SSSR count). The van der Waals surface area contributed by atoms with Crippen molar-refractivity contribution in [3.8, 4) is 5.75 Å². The van der Waals surface area contributed by atoms with Gasteiger partial charge in [0.15, 0.2) is 0 Å². The van der Waals surface area contributed by atoms with E-state index in [9.17, 15) is 4.79 Å². The van der Waals surface area contributed by atoms with Gasteiger partial charge in [0.25, 0.3) is 5.91 Å². The third kappa shape index (κ3) is 2.76. The molecule has 28 heavy (non-hydrogen) atoms. The predicted octanol–water partition coefficient (Wildman–Crippen LogP) is 3.83. The van der Waals surface area contributed by atoms with E-state index >= 15 is 0 Å². The Morgan fingerprint density at radius 2 is 1.96 bits per heavy atom. The summed E-state index contributed by atoms with van der Waals surface area (Å²) in [5.41, 5.74) is 9.48. The summed E-state index contributed by atoms with van der Waals surface area (Å²) in [4.78, 5) is 13.2. The van der Waals surface area contributed by atoms with E-state index in [-0.39, 0.29) is 17.6 Å². The lowest BCUT2D eigenvalue weighted by Gasteiger charge is -2.21. The largest absolute Gasteiger partial charge is 0.488 e. The maximum absolute atomic E-state index is 13.2. The lowest BCUT2D eigenvalue weighted by atomic mass is 9.96. The standard InChI is InChI=1S/C24H24N2O2/c1-15-11-17-12-18(14-25)28-22(17)13-20(15)23(27)26-24(9-10-24)21-8-4-6-16-5-2-3-7-19(16)21/h2-8,11,13,18H,9-10,12,14,25H2,1H3,(H,26,27). The molecule has 1 amide bonds. The van der Waals surface area contributed by atoms with Crippen LogP contribution in [0.3, 0.4) is 0 Å². The van der Waals surface area contributed by atoms with Gasteiger partial charge in [-0.05, 0) is 53.3 Å². The fraction of sp³-hybridized carbons (Fsp3) is 0.292. The number of nitrogens with two attached hydrogens (primary N) is 1. The molecule has 0 bridgehead atoms. The van der Waals surface area contributed by atoms with E-state index < -0.39 is 0 Å². The molecule has 1 saturated carbocycles. The summed E-state index contributed by atoms with van der Waals surface area (Å²) in [6, 6.07) is 18.6. The summed E-state index contributed by atoms with van der Waals surface area (Å²) in [5.74, 6) is 0.756. The first-order valence-corrected chi connectivity index (χ1v) is 9.91. The van der Waals surface area contributed by atoms with Crippen LogP contribution in [0.2, 0.25) is 0 Å². The second-order valence-corrected chi connectivity index (χ2v) is 8.02. The second-order valence-electron chi connectivity index (χ2n) is 8.02. The van der Waals surface area contributed by atoms with Crippen LogP contribution in [0.5, 0.6) is 5.75 Å². The monoisotopic (exact) mass is 372 g/mol. The minimum atomic E-state index is -0.274. The van der Waals surface area contributed by atoms with E-state index in [0.717, 1.165) is 36.1 Å². The molecule has 1 fully saturated rings. The smallest absolute Gasteiger partial charge is 0.252 e. The van der Waals surface area contributed by atoms with E-state index in [4.69, 9.17) is 10.5 Å². The normalized spacial score (nSPS) is 19.1. The Balaban J connectivity index is 1.46. The molecule has 1 unspecified atom stereocenters. The van der Waals surface area contributed by atoms with Crippen molar-refractivity contribution >= 4 is 16.7 Å². The highest BCUT2D eigenvalue weighted by Gasteiger charge is 2.46. The van der Waals surface area contributed by atoms with Crippen LogP contribution in [0.25, 0.3) is 10.8 Å². The van der Waals surface area contributed by atoms with E-state index in [1.165, 1.54) is 16.3 Å². The number of aryl methyl sites for hydroxylation is 1. The quantitative estimate of drug-likeness (QED) is 0.732. The Morgan fingerprint density at radius 3 is 2.75 bits per heavy atom. The molecule has 4 heteroatoms. The second kappa shape index (κ2) is 6.35. The third-order valence-corrected chi connectivity index (χ3v) is 6.06. The van der Waals surface area contributed by atoms with Crippen LogP contribution in [0.1, 0.15) is 39.9 Å². The summed E-state index contributed by atoms with van der Waals surface area (Å²) >= 11 is 0. The molecule has 0 saturated heterocycles. The zero-order valence-corrected chi connectivity index (χ0v) is 16.0. The molecule has 0 spiro atoms. The number of nitrogens with one attached hydrogen (secondary N) is 1. The van der Waals surface area contributed by atoms with Gasteiger partial charge in [0.05, 0.1) is 5.54 Å². The van der Waals surface area contributed by atoms with Gasteiger partial charge in [-0.3, -0.25) is 4.79 Å². The van der Waals surface area contributed by atoms with Crippen molar-refractivity contribution in [2.45, 2.75) is 37.8 Å². The topological polar surface area (TPSA) is 64.3 Å². The van der Waals surface area contributed by atoms with Gasteiger partial charge in [0.2, 0.25) is 0 Å². The van der Waals surface area contributed by atoms with Crippen LogP contribution in [-0.4, -0.2) is 18.6 Å². The van der Waals surface area contributed by atoms with Crippen LogP contribution in [-0.2, 0) is 12.0 Å². The Kier molecular flexibility index (Phi) is 3.91. The number of benzene rings is 3. The number of hydrogen-bond acceptors (Lipinski definition) is 3. The lowest BCUT2D eigenvalue weighted by molar-refractivity contribution is 0.0930. The van der Waals surface area contributed by atoms with E-state index in [0.29, 0.717) is 12.1 Å². The molecule has 0 aromatic heterocycles. The first-order chi connectivity index (χ1) is 13.6. The van der Waals surface area contributed by atoms with Gasteiger partial charge in [-0.15, -0.1) is 0 Å². The first kappa shape index (κ1) is 17.3. The Labute approximate surface area is 164 Å². The van der Waals surface area contributed by atoms with Gasteiger partial charge in [-0.25, -0.2) is 0 Å². The summed E-state index contributed by atoms with van der Waals surface area (Å²) in [6.45, 7) is 2.47. The highest BCUT2D eigenvalue weighted by molar-refractivity contribution is 5.98. The lowest BCUT2D eigenvalue weighted by Crippen LogP contribution is -2.35. The Hall–Kier alpha value is -2.85. The molecule has 142 valence electrons. The highest BCUT2D eigenvalue weighted by Crippen LogP contribution is 2.48. The minimum absolute atomic E-state index is 0.0122. The van der Waals surface area contributed by atoms with Crippen molar-refractivity contribution in [1.29, 1.82) is 0 Å². The molecular weight excluding hydrogens is 348 g/mol. The summed E-state index contributed by atoms with van der Waals surface area (Å²) in [5, 5.41) is 5.75. The SMILES string of the molecule is Cc1cc2c(cc1C(=O)NC1(c3cccc4ccccc34)CC1)OC(CN)C2. The molecule has 4 nitrogen and oxygen atoms in total. The fourth-order valence-electron chi connectivity index (χ4n) is 4.37. The molecule has 0 radical (unpaired) electrons. The van der Waals surface area contributed by atoms with E-state index in [2.05, 4.69) is 47.8 Å². The van der Waals surface area contributed by atoms with Crippen molar-refractivity contribution in [2.75, 3.05) is 6.54 Å². The van der Waals surface area contributed by atoms with Gasteiger partial charge in [-0.1, -0.05) is 48.5 Å². The van der Waals surface area contributed by atoms with Crippen molar-refractivity contribution in [1.82, 2.24) is 5.32 Å². The summed E-state index contributed by atoms with van der Waals surface area (Å²) in [7, 11) is 0. The third-order valence-electron chi connectivity index (χ3n) is 6.06. The first-order valence-electron chi connectivity index (χ1n) is 9.91. The zero-order valence-electron chi connectivity index (χ0n) is 16.0. The number of amides is 1. The number of carbonyl (C=O) groups excluding carboxylic acids is 1. The minimum Gasteiger partial charge on any atom is -0.488 e. The summed E-state index contributed by atoms with van der Waals surface area (Å²) in [6.07, 6.45) is 2.75. The molecule has 1 atom stereocenters. The molecule has 1 heterocycles. The van der Waals surface area contributed by atoms with Crippen molar-refractivity contribution < 1.29 is 9.53 Å². The Morgan fingerprint density at radius 1 is 1.18 bits per heavy atom. The molecule has 2 aliphatic rings. The fourth-order valence-corrected chi connectivity index (χ4v) is 4.37. The van der Waals surface area contributed by atoms with Crippen LogP contribution in [0.15, 0.2) is 54.6 Å². The van der Waals surface area contributed by atoms with Crippen molar-refractivity contribution in [3.63, 3.8) is 0 Å². The highest BCUT2D eigenvalue weighted by atomic mass is 16.5. The van der Waals surface area contributed by atoms with Gasteiger partial charge in [0.1, 0.15) is 11.9 Å². The average molecular weight is 372 g/mol.